The highest BCUT2D eigenvalue weighted by molar-refractivity contribution is 5.96. The molecule has 23 heavy (non-hydrogen) atoms. The van der Waals surface area contributed by atoms with Gasteiger partial charge in [0, 0.05) is 24.9 Å². The van der Waals surface area contributed by atoms with Crippen LogP contribution in [-0.4, -0.2) is 28.4 Å². The Morgan fingerprint density at radius 3 is 2.87 bits per heavy atom. The van der Waals surface area contributed by atoms with E-state index in [9.17, 15) is 4.79 Å². The number of aryl methyl sites for hydroxylation is 1. The summed E-state index contributed by atoms with van der Waals surface area (Å²) in [5, 5.41) is 2.64. The number of guanidine groups is 1. The van der Waals surface area contributed by atoms with E-state index in [1.54, 1.807) is 12.5 Å². The standard InChI is InChI=1S/C17H23N5O/c1-13(14-6-3-2-4-7-14)10-16(23)22-17(18)20-9-5-8-15-11-19-12-21-15/h2-4,6-7,11-13H,5,8-10H2,1H3,(H,19,21)(H3,18,20,22,23)/t13-/m0/s1. The van der Waals surface area contributed by atoms with Gasteiger partial charge in [-0.15, -0.1) is 0 Å². The fraction of sp³-hybridized carbons (Fsp3) is 0.353. The number of rotatable bonds is 7. The van der Waals surface area contributed by atoms with Gasteiger partial charge in [0.1, 0.15) is 0 Å². The van der Waals surface area contributed by atoms with E-state index in [-0.39, 0.29) is 17.8 Å². The fourth-order valence-corrected chi connectivity index (χ4v) is 2.30. The molecule has 0 aliphatic heterocycles. The summed E-state index contributed by atoms with van der Waals surface area (Å²) in [7, 11) is 0. The molecule has 4 N–H and O–H groups in total. The molecule has 0 fully saturated rings. The third-order valence-electron chi connectivity index (χ3n) is 3.57. The number of nitrogens with zero attached hydrogens (tertiary/aromatic N) is 2. The quantitative estimate of drug-likeness (QED) is 0.414. The molecule has 1 aromatic heterocycles. The SMILES string of the molecule is C[C@@H](CC(=O)NC(N)=NCCCc1cnc[nH]1)c1ccccc1. The lowest BCUT2D eigenvalue weighted by Crippen LogP contribution is -2.37. The number of aliphatic imine (C=N–C) groups is 1. The van der Waals surface area contributed by atoms with Gasteiger partial charge in [-0.1, -0.05) is 37.3 Å². The van der Waals surface area contributed by atoms with Crippen LogP contribution in [0.1, 0.15) is 36.9 Å². The first-order valence-electron chi connectivity index (χ1n) is 7.77. The van der Waals surface area contributed by atoms with Crippen LogP contribution in [0.4, 0.5) is 0 Å². The van der Waals surface area contributed by atoms with E-state index in [4.69, 9.17) is 5.73 Å². The minimum atomic E-state index is -0.115. The van der Waals surface area contributed by atoms with Crippen LogP contribution in [0.5, 0.6) is 0 Å². The highest BCUT2D eigenvalue weighted by atomic mass is 16.1. The molecule has 6 nitrogen and oxygen atoms in total. The van der Waals surface area contributed by atoms with Gasteiger partial charge >= 0.3 is 0 Å². The molecule has 0 bridgehead atoms. The average molecular weight is 313 g/mol. The summed E-state index contributed by atoms with van der Waals surface area (Å²) in [6.07, 6.45) is 5.53. The normalized spacial score (nSPS) is 12.8. The van der Waals surface area contributed by atoms with Crippen molar-refractivity contribution in [2.45, 2.75) is 32.1 Å². The first-order chi connectivity index (χ1) is 11.1. The molecule has 0 unspecified atom stereocenters. The number of benzene rings is 1. The zero-order valence-corrected chi connectivity index (χ0v) is 13.3. The summed E-state index contributed by atoms with van der Waals surface area (Å²) in [5.74, 6) is 0.209. The molecule has 0 saturated heterocycles. The molecule has 6 heteroatoms. The van der Waals surface area contributed by atoms with Gasteiger partial charge in [-0.25, -0.2) is 4.98 Å². The zero-order valence-electron chi connectivity index (χ0n) is 13.3. The van der Waals surface area contributed by atoms with Crippen molar-refractivity contribution in [2.75, 3.05) is 6.54 Å². The highest BCUT2D eigenvalue weighted by Crippen LogP contribution is 2.17. The molecule has 0 radical (unpaired) electrons. The van der Waals surface area contributed by atoms with Crippen LogP contribution in [-0.2, 0) is 11.2 Å². The van der Waals surface area contributed by atoms with E-state index >= 15 is 0 Å². The molecule has 1 aromatic carbocycles. The summed E-state index contributed by atoms with van der Waals surface area (Å²) >= 11 is 0. The summed E-state index contributed by atoms with van der Waals surface area (Å²) in [4.78, 5) is 23.1. The predicted octanol–water partition coefficient (Wildman–Crippen LogP) is 1.97. The third kappa shape index (κ3) is 5.94. The number of amides is 1. The third-order valence-corrected chi connectivity index (χ3v) is 3.57. The molecule has 1 amide bonds. The second-order valence-electron chi connectivity index (χ2n) is 5.51. The minimum Gasteiger partial charge on any atom is -0.370 e. The van der Waals surface area contributed by atoms with Crippen LogP contribution in [0.3, 0.4) is 0 Å². The van der Waals surface area contributed by atoms with E-state index in [1.807, 2.05) is 37.3 Å². The molecule has 2 aromatic rings. The van der Waals surface area contributed by atoms with Gasteiger partial charge in [-0.2, -0.15) is 0 Å². The fourth-order valence-electron chi connectivity index (χ4n) is 2.30. The summed E-state index contributed by atoms with van der Waals surface area (Å²) in [6.45, 7) is 2.59. The zero-order chi connectivity index (χ0) is 16.5. The van der Waals surface area contributed by atoms with E-state index in [1.165, 1.54) is 0 Å². The Hall–Kier alpha value is -2.63. The van der Waals surface area contributed by atoms with Gasteiger partial charge in [-0.3, -0.25) is 15.1 Å². The molecule has 1 heterocycles. The van der Waals surface area contributed by atoms with E-state index in [2.05, 4.69) is 20.3 Å². The Morgan fingerprint density at radius 1 is 1.39 bits per heavy atom. The van der Waals surface area contributed by atoms with Gasteiger partial charge in [-0.05, 0) is 24.3 Å². The maximum Gasteiger partial charge on any atom is 0.227 e. The minimum absolute atomic E-state index is 0.115. The van der Waals surface area contributed by atoms with Crippen molar-refractivity contribution in [1.29, 1.82) is 0 Å². The average Bonchev–Trinajstić information content (AvgIpc) is 3.05. The molecular weight excluding hydrogens is 290 g/mol. The Morgan fingerprint density at radius 2 is 2.17 bits per heavy atom. The van der Waals surface area contributed by atoms with E-state index in [0.29, 0.717) is 13.0 Å². The molecule has 0 aliphatic carbocycles. The molecule has 122 valence electrons. The molecule has 2 rings (SSSR count). The van der Waals surface area contributed by atoms with Gasteiger partial charge < -0.3 is 10.7 Å². The first kappa shape index (κ1) is 16.7. The molecule has 0 aliphatic rings. The van der Waals surface area contributed by atoms with Crippen molar-refractivity contribution in [3.8, 4) is 0 Å². The van der Waals surface area contributed by atoms with Crippen molar-refractivity contribution < 1.29 is 4.79 Å². The number of hydrogen-bond donors (Lipinski definition) is 3. The van der Waals surface area contributed by atoms with Gasteiger partial charge in [0.05, 0.1) is 6.33 Å². The Labute approximate surface area is 136 Å². The number of nitrogens with two attached hydrogens (primary N) is 1. The van der Waals surface area contributed by atoms with Crippen LogP contribution >= 0.6 is 0 Å². The number of aromatic amines is 1. The van der Waals surface area contributed by atoms with Crippen LogP contribution in [0, 0.1) is 0 Å². The number of imidazole rings is 1. The number of aromatic nitrogens is 2. The van der Waals surface area contributed by atoms with E-state index in [0.717, 1.165) is 24.1 Å². The van der Waals surface area contributed by atoms with Crippen molar-refractivity contribution in [1.82, 2.24) is 15.3 Å². The van der Waals surface area contributed by atoms with Crippen LogP contribution in [0.15, 0.2) is 47.8 Å². The van der Waals surface area contributed by atoms with Gasteiger partial charge in [0.15, 0.2) is 5.96 Å². The lowest BCUT2D eigenvalue weighted by Gasteiger charge is -2.11. The predicted molar refractivity (Wildman–Crippen MR) is 91.0 cm³/mol. The van der Waals surface area contributed by atoms with Crippen molar-refractivity contribution in [2.24, 2.45) is 10.7 Å². The smallest absolute Gasteiger partial charge is 0.227 e. The monoisotopic (exact) mass is 313 g/mol. The lowest BCUT2D eigenvalue weighted by molar-refractivity contribution is -0.120. The lowest BCUT2D eigenvalue weighted by atomic mass is 9.98. The number of carbonyl (C=O) groups is 1. The number of carbonyl (C=O) groups excluding carboxylic acids is 1. The second kappa shape index (κ2) is 8.73. The second-order valence-corrected chi connectivity index (χ2v) is 5.51. The molecule has 0 saturated carbocycles. The summed E-state index contributed by atoms with van der Waals surface area (Å²) < 4.78 is 0. The van der Waals surface area contributed by atoms with Crippen LogP contribution in [0.25, 0.3) is 0 Å². The van der Waals surface area contributed by atoms with Crippen molar-refractivity contribution in [3.05, 3.63) is 54.1 Å². The number of nitrogens with one attached hydrogen (secondary N) is 2. The van der Waals surface area contributed by atoms with E-state index < -0.39 is 0 Å². The maximum absolute atomic E-state index is 12.0. The van der Waals surface area contributed by atoms with Crippen LogP contribution in [0.2, 0.25) is 0 Å². The summed E-state index contributed by atoms with van der Waals surface area (Å²) in [6, 6.07) is 9.94. The molecule has 1 atom stereocenters. The summed E-state index contributed by atoms with van der Waals surface area (Å²) in [5.41, 5.74) is 7.95. The Bertz CT molecular complexity index is 622. The van der Waals surface area contributed by atoms with Gasteiger partial charge in [0.2, 0.25) is 5.91 Å². The Kier molecular flexibility index (Phi) is 6.35. The van der Waals surface area contributed by atoms with Crippen LogP contribution < -0.4 is 11.1 Å². The molecular formula is C17H23N5O. The topological polar surface area (TPSA) is 96.2 Å². The Balaban J connectivity index is 1.70. The maximum atomic E-state index is 12.0. The molecule has 0 spiro atoms. The highest BCUT2D eigenvalue weighted by Gasteiger charge is 2.11. The van der Waals surface area contributed by atoms with Crippen molar-refractivity contribution in [3.63, 3.8) is 0 Å². The first-order valence-corrected chi connectivity index (χ1v) is 7.77. The largest absolute Gasteiger partial charge is 0.370 e. The van der Waals surface area contributed by atoms with Gasteiger partial charge in [0.25, 0.3) is 0 Å². The number of H-pyrrole nitrogens is 1. The number of hydrogen-bond acceptors (Lipinski definition) is 3. The van der Waals surface area contributed by atoms with Crippen molar-refractivity contribution >= 4 is 11.9 Å².